The fourth-order valence-electron chi connectivity index (χ4n) is 2.50. The van der Waals surface area contributed by atoms with E-state index in [2.05, 4.69) is 17.6 Å². The van der Waals surface area contributed by atoms with Crippen LogP contribution in [0.2, 0.25) is 0 Å². The summed E-state index contributed by atoms with van der Waals surface area (Å²) >= 11 is 0. The predicted molar refractivity (Wildman–Crippen MR) is 72.5 cm³/mol. The first-order chi connectivity index (χ1) is 9.17. The molecule has 1 fully saturated rings. The van der Waals surface area contributed by atoms with Crippen LogP contribution in [0.25, 0.3) is 0 Å². The highest BCUT2D eigenvalue weighted by Crippen LogP contribution is 2.26. The second-order valence-electron chi connectivity index (χ2n) is 4.63. The Balaban J connectivity index is 2.31. The van der Waals surface area contributed by atoms with Gasteiger partial charge in [-0.25, -0.2) is 0 Å². The van der Waals surface area contributed by atoms with E-state index < -0.39 is 12.0 Å². The van der Waals surface area contributed by atoms with Gasteiger partial charge in [0, 0.05) is 13.1 Å². The summed E-state index contributed by atoms with van der Waals surface area (Å²) in [5.41, 5.74) is 2.08. The van der Waals surface area contributed by atoms with Gasteiger partial charge in [-0.2, -0.15) is 0 Å². The quantitative estimate of drug-likeness (QED) is 0.755. The van der Waals surface area contributed by atoms with Crippen LogP contribution in [0.3, 0.4) is 0 Å². The molecule has 104 valence electrons. The molecule has 1 heterocycles. The molecule has 0 aliphatic carbocycles. The van der Waals surface area contributed by atoms with Crippen LogP contribution in [0.4, 0.5) is 0 Å². The molecular formula is C14H20N2O3. The van der Waals surface area contributed by atoms with Crippen LogP contribution in [0.1, 0.15) is 24.1 Å². The second-order valence-corrected chi connectivity index (χ2v) is 4.63. The third-order valence-electron chi connectivity index (χ3n) is 3.50. The second kappa shape index (κ2) is 6.04. The van der Waals surface area contributed by atoms with Crippen molar-refractivity contribution in [1.82, 2.24) is 10.6 Å². The fourth-order valence-corrected chi connectivity index (χ4v) is 2.50. The van der Waals surface area contributed by atoms with Crippen LogP contribution in [0.5, 0.6) is 5.75 Å². The maximum Gasteiger partial charge on any atom is 0.322 e. The number of hydrogen-bond acceptors (Lipinski definition) is 4. The lowest BCUT2D eigenvalue weighted by Crippen LogP contribution is -2.54. The zero-order chi connectivity index (χ0) is 13.8. The van der Waals surface area contributed by atoms with Gasteiger partial charge in [-0.15, -0.1) is 0 Å². The molecule has 2 unspecified atom stereocenters. The Morgan fingerprint density at radius 1 is 1.42 bits per heavy atom. The molecule has 2 rings (SSSR count). The molecule has 1 aliphatic heterocycles. The van der Waals surface area contributed by atoms with E-state index in [4.69, 9.17) is 4.74 Å². The highest BCUT2D eigenvalue weighted by Gasteiger charge is 2.31. The summed E-state index contributed by atoms with van der Waals surface area (Å²) < 4.78 is 5.30. The van der Waals surface area contributed by atoms with Crippen molar-refractivity contribution in [2.24, 2.45) is 0 Å². The fraction of sp³-hybridized carbons (Fsp3) is 0.500. The molecule has 5 heteroatoms. The van der Waals surface area contributed by atoms with Gasteiger partial charge in [0.15, 0.2) is 0 Å². The van der Waals surface area contributed by atoms with E-state index in [1.165, 1.54) is 0 Å². The molecule has 3 N–H and O–H groups in total. The first-order valence-corrected chi connectivity index (χ1v) is 6.53. The minimum absolute atomic E-state index is 0.206. The van der Waals surface area contributed by atoms with Crippen molar-refractivity contribution in [2.45, 2.75) is 25.4 Å². The molecule has 0 spiro atoms. The van der Waals surface area contributed by atoms with Gasteiger partial charge < -0.3 is 20.5 Å². The van der Waals surface area contributed by atoms with Gasteiger partial charge in [-0.1, -0.05) is 19.1 Å². The number of aryl methyl sites for hydroxylation is 1. The average molecular weight is 264 g/mol. The monoisotopic (exact) mass is 264 g/mol. The third kappa shape index (κ3) is 2.88. The van der Waals surface area contributed by atoms with E-state index >= 15 is 0 Å². The topological polar surface area (TPSA) is 70.6 Å². The van der Waals surface area contributed by atoms with Crippen molar-refractivity contribution in [3.63, 3.8) is 0 Å². The maximum absolute atomic E-state index is 11.3. The highest BCUT2D eigenvalue weighted by atomic mass is 16.5. The summed E-state index contributed by atoms with van der Waals surface area (Å²) in [7, 11) is 1.65. The van der Waals surface area contributed by atoms with Crippen LogP contribution in [-0.4, -0.2) is 37.3 Å². The molecule has 19 heavy (non-hydrogen) atoms. The van der Waals surface area contributed by atoms with Crippen molar-refractivity contribution in [3.8, 4) is 5.75 Å². The summed E-state index contributed by atoms with van der Waals surface area (Å²) in [6.07, 6.45) is 0.856. The van der Waals surface area contributed by atoms with Crippen LogP contribution >= 0.6 is 0 Å². The molecule has 0 saturated carbocycles. The predicted octanol–water partition coefficient (Wildman–Crippen LogP) is 0.945. The zero-order valence-corrected chi connectivity index (χ0v) is 11.3. The minimum Gasteiger partial charge on any atom is -0.496 e. The molecule has 5 nitrogen and oxygen atoms in total. The van der Waals surface area contributed by atoms with Crippen molar-refractivity contribution in [1.29, 1.82) is 0 Å². The van der Waals surface area contributed by atoms with Crippen molar-refractivity contribution in [3.05, 3.63) is 29.3 Å². The van der Waals surface area contributed by atoms with E-state index in [1.807, 2.05) is 18.2 Å². The highest BCUT2D eigenvalue weighted by molar-refractivity contribution is 5.75. The summed E-state index contributed by atoms with van der Waals surface area (Å²) in [5, 5.41) is 15.6. The molecule has 0 radical (unpaired) electrons. The smallest absolute Gasteiger partial charge is 0.322 e. The van der Waals surface area contributed by atoms with Crippen molar-refractivity contribution < 1.29 is 14.6 Å². The Morgan fingerprint density at radius 2 is 2.16 bits per heavy atom. The summed E-state index contributed by atoms with van der Waals surface area (Å²) in [6, 6.07) is 5.07. The van der Waals surface area contributed by atoms with Gasteiger partial charge in [0.25, 0.3) is 0 Å². The van der Waals surface area contributed by atoms with Gasteiger partial charge in [0.1, 0.15) is 11.8 Å². The number of hydrogen-bond donors (Lipinski definition) is 3. The number of piperazine rings is 1. The van der Waals surface area contributed by atoms with Crippen molar-refractivity contribution >= 4 is 5.97 Å². The number of carbonyl (C=O) groups is 1. The van der Waals surface area contributed by atoms with Crippen molar-refractivity contribution in [2.75, 3.05) is 20.2 Å². The summed E-state index contributed by atoms with van der Waals surface area (Å²) in [6.45, 7) is 3.50. The van der Waals surface area contributed by atoms with Gasteiger partial charge in [-0.3, -0.25) is 4.79 Å². The molecule has 1 aromatic carbocycles. The van der Waals surface area contributed by atoms with Gasteiger partial charge in [-0.05, 0) is 23.6 Å². The number of rotatable bonds is 4. The van der Waals surface area contributed by atoms with Crippen LogP contribution in [0, 0.1) is 0 Å². The van der Waals surface area contributed by atoms with Crippen LogP contribution in [-0.2, 0) is 11.2 Å². The molecule has 0 amide bonds. The molecule has 2 atom stereocenters. The number of aliphatic carboxylic acids is 1. The number of nitrogens with one attached hydrogen (secondary N) is 2. The third-order valence-corrected chi connectivity index (χ3v) is 3.50. The van der Waals surface area contributed by atoms with Crippen LogP contribution < -0.4 is 15.4 Å². The SMILES string of the molecule is CCc1cc(C2NCCNC2C(=O)O)ccc1OC. The molecule has 1 aliphatic rings. The van der Waals surface area contributed by atoms with E-state index in [9.17, 15) is 9.90 Å². The van der Waals surface area contributed by atoms with Gasteiger partial charge in [0.2, 0.25) is 0 Å². The lowest BCUT2D eigenvalue weighted by Gasteiger charge is -2.31. The minimum atomic E-state index is -0.828. The normalized spacial score (nSPS) is 23.1. The Hall–Kier alpha value is -1.59. The maximum atomic E-state index is 11.3. The Bertz CT molecular complexity index is 462. The van der Waals surface area contributed by atoms with Gasteiger partial charge >= 0.3 is 5.97 Å². The van der Waals surface area contributed by atoms with E-state index in [1.54, 1.807) is 7.11 Å². The number of carboxylic acid groups (broad SMARTS) is 1. The summed E-state index contributed by atoms with van der Waals surface area (Å²) in [5.74, 6) is 0.0213. The first kappa shape index (κ1) is 13.8. The Kier molecular flexibility index (Phi) is 4.39. The lowest BCUT2D eigenvalue weighted by molar-refractivity contribution is -0.140. The molecule has 1 aromatic rings. The molecule has 1 saturated heterocycles. The number of ether oxygens (including phenoxy) is 1. The van der Waals surface area contributed by atoms with E-state index in [0.29, 0.717) is 6.54 Å². The number of carboxylic acids is 1. The lowest BCUT2D eigenvalue weighted by atomic mass is 9.95. The van der Waals surface area contributed by atoms with E-state index in [-0.39, 0.29) is 6.04 Å². The largest absolute Gasteiger partial charge is 0.496 e. The average Bonchev–Trinajstić information content (AvgIpc) is 2.46. The Labute approximate surface area is 113 Å². The Morgan fingerprint density at radius 3 is 2.79 bits per heavy atom. The van der Waals surface area contributed by atoms with Gasteiger partial charge in [0.05, 0.1) is 13.2 Å². The standard InChI is InChI=1S/C14H20N2O3/c1-3-9-8-10(4-5-11(9)19-2)12-13(14(17)18)16-7-6-15-12/h4-5,8,12-13,15-16H,3,6-7H2,1-2H3,(H,17,18). The molecule has 0 aromatic heterocycles. The number of methoxy groups -OCH3 is 1. The first-order valence-electron chi connectivity index (χ1n) is 6.53. The zero-order valence-electron chi connectivity index (χ0n) is 11.3. The number of benzene rings is 1. The molecule has 0 bridgehead atoms. The van der Waals surface area contributed by atoms with Crippen LogP contribution in [0.15, 0.2) is 18.2 Å². The summed E-state index contributed by atoms with van der Waals surface area (Å²) in [4.78, 5) is 11.3. The molecular weight excluding hydrogens is 244 g/mol. The van der Waals surface area contributed by atoms with E-state index in [0.717, 1.165) is 29.8 Å².